The van der Waals surface area contributed by atoms with Crippen LogP contribution in [-0.2, 0) is 9.53 Å². The molecular formula is C7H11BrO3. The minimum atomic E-state index is -0.807. The molecule has 1 saturated heterocycles. The maximum Gasteiger partial charge on any atom is 0.320 e. The number of halogens is 1. The average Bonchev–Trinajstić information content (AvgIpc) is 2.65. The molecule has 2 unspecified atom stereocenters. The van der Waals surface area contributed by atoms with E-state index in [-0.39, 0.29) is 0 Å². The van der Waals surface area contributed by atoms with Crippen LogP contribution >= 0.6 is 15.9 Å². The average molecular weight is 223 g/mol. The lowest BCUT2D eigenvalue weighted by atomic mass is 10.0. The fraction of sp³-hybridized carbons (Fsp3) is 0.857. The van der Waals surface area contributed by atoms with Crippen molar-refractivity contribution in [2.75, 3.05) is 6.61 Å². The molecule has 0 spiro atoms. The van der Waals surface area contributed by atoms with Crippen molar-refractivity contribution in [3.63, 3.8) is 0 Å². The van der Waals surface area contributed by atoms with Crippen molar-refractivity contribution in [1.29, 1.82) is 0 Å². The van der Waals surface area contributed by atoms with E-state index in [1.165, 1.54) is 0 Å². The highest BCUT2D eigenvalue weighted by Gasteiger charge is 2.33. The van der Waals surface area contributed by atoms with Gasteiger partial charge in [0.2, 0.25) is 0 Å². The first-order chi connectivity index (χ1) is 5.02. The van der Waals surface area contributed by atoms with Gasteiger partial charge in [-0.3, -0.25) is 4.79 Å². The first kappa shape index (κ1) is 9.00. The lowest BCUT2D eigenvalue weighted by Crippen LogP contribution is -2.28. The number of ether oxygens (including phenoxy) is 1. The highest BCUT2D eigenvalue weighted by molar-refractivity contribution is 9.10. The van der Waals surface area contributed by atoms with E-state index in [1.54, 1.807) is 6.92 Å². The maximum absolute atomic E-state index is 10.6. The summed E-state index contributed by atoms with van der Waals surface area (Å²) in [4.78, 5) is 10.6. The second-order valence-electron chi connectivity index (χ2n) is 3.00. The van der Waals surface area contributed by atoms with Gasteiger partial charge in [0.1, 0.15) is 4.32 Å². The fourth-order valence-corrected chi connectivity index (χ4v) is 1.00. The molecule has 1 rings (SSSR count). The summed E-state index contributed by atoms with van der Waals surface area (Å²) in [5.74, 6) is -0.807. The Morgan fingerprint density at radius 1 is 1.91 bits per heavy atom. The molecule has 64 valence electrons. The quantitative estimate of drug-likeness (QED) is 0.578. The van der Waals surface area contributed by atoms with E-state index in [4.69, 9.17) is 9.84 Å². The Morgan fingerprint density at radius 3 is 2.82 bits per heavy atom. The van der Waals surface area contributed by atoms with Crippen LogP contribution in [-0.4, -0.2) is 28.1 Å². The Labute approximate surface area is 73.9 Å². The van der Waals surface area contributed by atoms with Crippen molar-refractivity contribution in [2.45, 2.75) is 30.2 Å². The molecule has 0 amide bonds. The lowest BCUT2D eigenvalue weighted by Gasteiger charge is -2.15. The van der Waals surface area contributed by atoms with E-state index >= 15 is 0 Å². The van der Waals surface area contributed by atoms with E-state index < -0.39 is 10.3 Å². The number of hydrogen-bond donors (Lipinski definition) is 1. The predicted octanol–water partition coefficient (Wildman–Crippen LogP) is 1.40. The van der Waals surface area contributed by atoms with Gasteiger partial charge in [-0.15, -0.1) is 0 Å². The number of carboxylic acids is 1. The molecule has 11 heavy (non-hydrogen) atoms. The second-order valence-corrected chi connectivity index (χ2v) is 4.75. The van der Waals surface area contributed by atoms with Gasteiger partial charge in [-0.2, -0.15) is 0 Å². The van der Waals surface area contributed by atoms with Crippen LogP contribution in [0.25, 0.3) is 0 Å². The van der Waals surface area contributed by atoms with Crippen LogP contribution in [0.5, 0.6) is 0 Å². The molecule has 0 aromatic carbocycles. The Kier molecular flexibility index (Phi) is 2.54. The summed E-state index contributed by atoms with van der Waals surface area (Å²) in [6.07, 6.45) is 1.76. The first-order valence-corrected chi connectivity index (χ1v) is 4.35. The zero-order chi connectivity index (χ0) is 8.48. The molecule has 1 fully saturated rings. The van der Waals surface area contributed by atoms with Gasteiger partial charge in [-0.25, -0.2) is 0 Å². The van der Waals surface area contributed by atoms with Crippen molar-refractivity contribution in [3.05, 3.63) is 0 Å². The largest absolute Gasteiger partial charge is 0.480 e. The van der Waals surface area contributed by atoms with Gasteiger partial charge in [0.15, 0.2) is 0 Å². The number of hydrogen-bond acceptors (Lipinski definition) is 2. The van der Waals surface area contributed by atoms with E-state index in [9.17, 15) is 4.79 Å². The van der Waals surface area contributed by atoms with Crippen molar-refractivity contribution >= 4 is 21.9 Å². The van der Waals surface area contributed by atoms with Gasteiger partial charge < -0.3 is 9.84 Å². The van der Waals surface area contributed by atoms with Crippen LogP contribution in [0.3, 0.4) is 0 Å². The van der Waals surface area contributed by atoms with Crippen molar-refractivity contribution in [1.82, 2.24) is 0 Å². The second kappa shape index (κ2) is 3.11. The van der Waals surface area contributed by atoms with Crippen molar-refractivity contribution in [3.8, 4) is 0 Å². The zero-order valence-corrected chi connectivity index (χ0v) is 7.93. The molecular weight excluding hydrogens is 212 g/mol. The molecule has 0 aromatic heterocycles. The van der Waals surface area contributed by atoms with E-state index in [0.717, 1.165) is 13.0 Å². The number of aliphatic carboxylic acids is 1. The topological polar surface area (TPSA) is 49.8 Å². The highest BCUT2D eigenvalue weighted by Crippen LogP contribution is 2.27. The molecule has 1 N–H and O–H groups in total. The monoisotopic (exact) mass is 222 g/mol. The fourth-order valence-electron chi connectivity index (χ4n) is 0.774. The Morgan fingerprint density at radius 2 is 2.45 bits per heavy atom. The van der Waals surface area contributed by atoms with Gasteiger partial charge in [0, 0.05) is 0 Å². The number of epoxide rings is 1. The molecule has 1 aliphatic rings. The third-order valence-corrected chi connectivity index (χ3v) is 2.52. The Bertz CT molecular complexity index is 163. The molecule has 0 saturated carbocycles. The molecule has 0 aromatic rings. The van der Waals surface area contributed by atoms with Gasteiger partial charge in [0.05, 0.1) is 12.7 Å². The summed E-state index contributed by atoms with van der Waals surface area (Å²) < 4.78 is 4.19. The van der Waals surface area contributed by atoms with E-state index in [2.05, 4.69) is 15.9 Å². The molecule has 1 heterocycles. The number of rotatable bonds is 4. The van der Waals surface area contributed by atoms with Crippen molar-refractivity contribution < 1.29 is 14.6 Å². The summed E-state index contributed by atoms with van der Waals surface area (Å²) in [5.41, 5.74) is 0. The molecule has 0 radical (unpaired) electrons. The van der Waals surface area contributed by atoms with Crippen LogP contribution in [0.2, 0.25) is 0 Å². The van der Waals surface area contributed by atoms with Crippen LogP contribution < -0.4 is 0 Å². The summed E-state index contributed by atoms with van der Waals surface area (Å²) in [6, 6.07) is 0. The van der Waals surface area contributed by atoms with Crippen LogP contribution in [0, 0.1) is 0 Å². The standard InChI is InChI=1S/C7H11BrO3/c1-7(8,6(9)10)3-2-5-4-11-5/h5H,2-4H2,1H3,(H,9,10). The number of carbonyl (C=O) groups is 1. The predicted molar refractivity (Wildman–Crippen MR) is 43.9 cm³/mol. The highest BCUT2D eigenvalue weighted by atomic mass is 79.9. The smallest absolute Gasteiger partial charge is 0.320 e. The molecule has 2 atom stereocenters. The zero-order valence-electron chi connectivity index (χ0n) is 6.34. The third kappa shape index (κ3) is 2.79. The maximum atomic E-state index is 10.6. The summed E-state index contributed by atoms with van der Waals surface area (Å²) >= 11 is 3.15. The van der Waals surface area contributed by atoms with Crippen LogP contribution in [0.15, 0.2) is 0 Å². The third-order valence-electron chi connectivity index (χ3n) is 1.78. The Balaban J connectivity index is 2.26. The lowest BCUT2D eigenvalue weighted by molar-refractivity contribution is -0.139. The normalized spacial score (nSPS) is 27.6. The van der Waals surface area contributed by atoms with E-state index in [1.807, 2.05) is 0 Å². The molecule has 1 aliphatic heterocycles. The molecule has 3 nitrogen and oxygen atoms in total. The minimum absolute atomic E-state index is 0.311. The number of carboxylic acid groups (broad SMARTS) is 1. The van der Waals surface area contributed by atoms with Gasteiger partial charge >= 0.3 is 5.97 Å². The molecule has 4 heteroatoms. The van der Waals surface area contributed by atoms with Crippen molar-refractivity contribution in [2.24, 2.45) is 0 Å². The Hall–Kier alpha value is -0.0900. The summed E-state index contributed by atoms with van der Waals surface area (Å²) in [6.45, 7) is 2.46. The van der Waals surface area contributed by atoms with Gasteiger partial charge in [-0.1, -0.05) is 15.9 Å². The van der Waals surface area contributed by atoms with Gasteiger partial charge in [-0.05, 0) is 19.8 Å². The van der Waals surface area contributed by atoms with Crippen LogP contribution in [0.1, 0.15) is 19.8 Å². The van der Waals surface area contributed by atoms with E-state index in [0.29, 0.717) is 12.5 Å². The minimum Gasteiger partial charge on any atom is -0.480 e. The summed E-state index contributed by atoms with van der Waals surface area (Å²) in [7, 11) is 0. The molecule has 0 aliphatic carbocycles. The first-order valence-electron chi connectivity index (χ1n) is 3.56. The number of alkyl halides is 1. The SMILES string of the molecule is CC(Br)(CCC1CO1)C(=O)O. The summed E-state index contributed by atoms with van der Waals surface area (Å²) in [5, 5.41) is 8.69. The van der Waals surface area contributed by atoms with Gasteiger partial charge in [0.25, 0.3) is 0 Å². The molecule has 0 bridgehead atoms. The van der Waals surface area contributed by atoms with Crippen LogP contribution in [0.4, 0.5) is 0 Å².